The van der Waals surface area contributed by atoms with Gasteiger partial charge in [-0.15, -0.1) is 0 Å². The van der Waals surface area contributed by atoms with E-state index in [1.807, 2.05) is 0 Å². The summed E-state index contributed by atoms with van der Waals surface area (Å²) in [6.07, 6.45) is 0. The molecule has 0 atom stereocenters. The molecular formula is C14H11F3N2O2. The van der Waals surface area contributed by atoms with Crippen LogP contribution in [0.15, 0.2) is 41.6 Å². The highest BCUT2D eigenvalue weighted by molar-refractivity contribution is 5.98. The van der Waals surface area contributed by atoms with Crippen LogP contribution in [-0.2, 0) is 6.61 Å². The van der Waals surface area contributed by atoms with E-state index in [2.05, 4.69) is 5.16 Å². The van der Waals surface area contributed by atoms with Gasteiger partial charge in [0.25, 0.3) is 0 Å². The number of rotatable bonds is 4. The summed E-state index contributed by atoms with van der Waals surface area (Å²) < 4.78 is 44.5. The topological polar surface area (TPSA) is 67.8 Å². The predicted octanol–water partition coefficient (Wildman–Crippen LogP) is 2.78. The van der Waals surface area contributed by atoms with Gasteiger partial charge in [0.15, 0.2) is 5.84 Å². The van der Waals surface area contributed by atoms with Crippen molar-refractivity contribution in [3.05, 3.63) is 65.0 Å². The summed E-state index contributed by atoms with van der Waals surface area (Å²) in [6.45, 7) is -0.130. The standard InChI is InChI=1S/C14H11F3N2O2/c15-9-2-1-8(13(6-9)14(18)19-20)7-21-12-4-10(16)3-11(17)5-12/h1-6,20H,7H2,(H2,18,19). The van der Waals surface area contributed by atoms with E-state index < -0.39 is 17.5 Å². The molecule has 0 saturated heterocycles. The van der Waals surface area contributed by atoms with Gasteiger partial charge in [0.05, 0.1) is 0 Å². The summed E-state index contributed by atoms with van der Waals surface area (Å²) in [6, 6.07) is 6.34. The smallest absolute Gasteiger partial charge is 0.170 e. The van der Waals surface area contributed by atoms with Crippen LogP contribution in [0.5, 0.6) is 5.75 Å². The number of benzene rings is 2. The molecule has 0 aliphatic rings. The van der Waals surface area contributed by atoms with Crippen LogP contribution in [0.1, 0.15) is 11.1 Å². The zero-order valence-electron chi connectivity index (χ0n) is 10.7. The molecule has 0 fully saturated rings. The molecule has 7 heteroatoms. The molecule has 0 aromatic heterocycles. The van der Waals surface area contributed by atoms with Gasteiger partial charge in [0.1, 0.15) is 29.8 Å². The molecule has 0 heterocycles. The van der Waals surface area contributed by atoms with E-state index in [9.17, 15) is 13.2 Å². The molecule has 0 radical (unpaired) electrons. The summed E-state index contributed by atoms with van der Waals surface area (Å²) in [5.74, 6) is -2.44. The average molecular weight is 296 g/mol. The van der Waals surface area contributed by atoms with Gasteiger partial charge in [-0.05, 0) is 12.1 Å². The van der Waals surface area contributed by atoms with Crippen molar-refractivity contribution in [1.29, 1.82) is 0 Å². The maximum Gasteiger partial charge on any atom is 0.170 e. The molecule has 0 saturated carbocycles. The Morgan fingerprint density at radius 1 is 1.05 bits per heavy atom. The van der Waals surface area contributed by atoms with Gasteiger partial charge < -0.3 is 15.7 Å². The van der Waals surface area contributed by atoms with Gasteiger partial charge in [-0.25, -0.2) is 13.2 Å². The van der Waals surface area contributed by atoms with Gasteiger partial charge in [0.2, 0.25) is 0 Å². The first-order valence-corrected chi connectivity index (χ1v) is 5.85. The molecule has 21 heavy (non-hydrogen) atoms. The third-order valence-corrected chi connectivity index (χ3v) is 2.69. The van der Waals surface area contributed by atoms with E-state index in [1.165, 1.54) is 12.1 Å². The zero-order valence-corrected chi connectivity index (χ0v) is 10.7. The second-order valence-electron chi connectivity index (χ2n) is 4.18. The minimum absolute atomic E-state index is 0.0257. The SMILES string of the molecule is NC(=NO)c1cc(F)ccc1COc1cc(F)cc(F)c1. The van der Waals surface area contributed by atoms with Crippen LogP contribution < -0.4 is 10.5 Å². The van der Waals surface area contributed by atoms with E-state index in [0.717, 1.165) is 18.2 Å². The minimum Gasteiger partial charge on any atom is -0.489 e. The van der Waals surface area contributed by atoms with Crippen LogP contribution in [0, 0.1) is 17.5 Å². The van der Waals surface area contributed by atoms with Gasteiger partial charge >= 0.3 is 0 Å². The molecule has 0 aliphatic carbocycles. The van der Waals surface area contributed by atoms with E-state index in [-0.39, 0.29) is 23.8 Å². The Kier molecular flexibility index (Phi) is 4.32. The number of nitrogens with two attached hydrogens (primary N) is 1. The largest absolute Gasteiger partial charge is 0.489 e. The van der Waals surface area contributed by atoms with E-state index >= 15 is 0 Å². The number of halogens is 3. The normalized spacial score (nSPS) is 11.5. The Labute approximate surface area is 118 Å². The lowest BCUT2D eigenvalue weighted by atomic mass is 10.1. The Morgan fingerprint density at radius 2 is 1.71 bits per heavy atom. The molecule has 2 aromatic carbocycles. The summed E-state index contributed by atoms with van der Waals surface area (Å²) in [4.78, 5) is 0. The second-order valence-corrected chi connectivity index (χ2v) is 4.18. The van der Waals surface area contributed by atoms with Crippen LogP contribution in [0.4, 0.5) is 13.2 Å². The Bertz CT molecular complexity index is 670. The third-order valence-electron chi connectivity index (χ3n) is 2.69. The first kappa shape index (κ1) is 14.7. The highest BCUT2D eigenvalue weighted by Crippen LogP contribution is 2.19. The fourth-order valence-electron chi connectivity index (χ4n) is 1.74. The number of hydrogen-bond donors (Lipinski definition) is 2. The molecule has 0 bridgehead atoms. The molecular weight excluding hydrogens is 285 g/mol. The summed E-state index contributed by atoms with van der Waals surface area (Å²) >= 11 is 0. The van der Waals surface area contributed by atoms with Crippen molar-refractivity contribution in [2.75, 3.05) is 0 Å². The number of hydrogen-bond acceptors (Lipinski definition) is 3. The van der Waals surface area contributed by atoms with Crippen LogP contribution in [-0.4, -0.2) is 11.0 Å². The van der Waals surface area contributed by atoms with Crippen molar-refractivity contribution in [3.8, 4) is 5.75 Å². The predicted molar refractivity (Wildman–Crippen MR) is 69.6 cm³/mol. The first-order valence-electron chi connectivity index (χ1n) is 5.85. The maximum atomic E-state index is 13.2. The van der Waals surface area contributed by atoms with Gasteiger partial charge in [0, 0.05) is 29.3 Å². The summed E-state index contributed by atoms with van der Waals surface area (Å²) in [5, 5.41) is 11.5. The van der Waals surface area contributed by atoms with Gasteiger partial charge in [-0.2, -0.15) is 0 Å². The van der Waals surface area contributed by atoms with Gasteiger partial charge in [-0.3, -0.25) is 0 Å². The quantitative estimate of drug-likeness (QED) is 0.394. The Hall–Kier alpha value is -2.70. The molecule has 4 nitrogen and oxygen atoms in total. The zero-order chi connectivity index (χ0) is 15.4. The summed E-state index contributed by atoms with van der Waals surface area (Å²) in [5.41, 5.74) is 5.97. The van der Waals surface area contributed by atoms with Crippen LogP contribution in [0.2, 0.25) is 0 Å². The number of oxime groups is 1. The highest BCUT2D eigenvalue weighted by Gasteiger charge is 2.10. The van der Waals surface area contributed by atoms with Gasteiger partial charge in [-0.1, -0.05) is 11.2 Å². The molecule has 0 unspecified atom stereocenters. The lowest BCUT2D eigenvalue weighted by molar-refractivity contribution is 0.301. The Morgan fingerprint density at radius 3 is 2.33 bits per heavy atom. The van der Waals surface area contributed by atoms with Crippen molar-refractivity contribution < 1.29 is 23.1 Å². The van der Waals surface area contributed by atoms with E-state index in [0.29, 0.717) is 11.6 Å². The second kappa shape index (κ2) is 6.17. The minimum atomic E-state index is -0.777. The fraction of sp³-hybridized carbons (Fsp3) is 0.0714. The fourth-order valence-corrected chi connectivity index (χ4v) is 1.74. The van der Waals surface area contributed by atoms with Crippen LogP contribution in [0.25, 0.3) is 0 Å². The average Bonchev–Trinajstić information content (AvgIpc) is 2.44. The van der Waals surface area contributed by atoms with Crippen molar-refractivity contribution in [1.82, 2.24) is 0 Å². The molecule has 0 spiro atoms. The highest BCUT2D eigenvalue weighted by atomic mass is 19.1. The first-order chi connectivity index (χ1) is 9.99. The third kappa shape index (κ3) is 3.65. The number of amidine groups is 1. The maximum absolute atomic E-state index is 13.2. The lowest BCUT2D eigenvalue weighted by Crippen LogP contribution is -2.17. The van der Waals surface area contributed by atoms with E-state index in [1.54, 1.807) is 0 Å². The molecule has 110 valence electrons. The van der Waals surface area contributed by atoms with Crippen molar-refractivity contribution in [3.63, 3.8) is 0 Å². The van der Waals surface area contributed by atoms with E-state index in [4.69, 9.17) is 15.7 Å². The summed E-state index contributed by atoms with van der Waals surface area (Å²) in [7, 11) is 0. The van der Waals surface area contributed by atoms with Crippen molar-refractivity contribution >= 4 is 5.84 Å². The van der Waals surface area contributed by atoms with Crippen LogP contribution in [0.3, 0.4) is 0 Å². The Balaban J connectivity index is 2.23. The van der Waals surface area contributed by atoms with Crippen molar-refractivity contribution in [2.45, 2.75) is 6.61 Å². The lowest BCUT2D eigenvalue weighted by Gasteiger charge is -2.10. The molecule has 2 rings (SSSR count). The molecule has 0 amide bonds. The molecule has 0 aliphatic heterocycles. The molecule has 2 aromatic rings. The monoisotopic (exact) mass is 296 g/mol. The molecule has 3 N–H and O–H groups in total. The number of ether oxygens (including phenoxy) is 1. The van der Waals surface area contributed by atoms with Crippen LogP contribution >= 0.6 is 0 Å². The number of nitrogens with zero attached hydrogens (tertiary/aromatic N) is 1. The van der Waals surface area contributed by atoms with Crippen molar-refractivity contribution in [2.24, 2.45) is 10.9 Å².